The number of aromatic nitrogens is 2. The topological polar surface area (TPSA) is 95.9 Å². The Balaban J connectivity index is 1.83. The number of ether oxygens (including phenoxy) is 4. The third-order valence-electron chi connectivity index (χ3n) is 4.57. The van der Waals surface area contributed by atoms with E-state index < -0.39 is 6.03 Å². The van der Waals surface area contributed by atoms with Gasteiger partial charge in [-0.3, -0.25) is 5.32 Å². The second kappa shape index (κ2) is 10.4. The lowest BCUT2D eigenvalue weighted by Gasteiger charge is -2.14. The molecule has 1 aromatic heterocycles. The molecule has 0 spiro atoms. The van der Waals surface area contributed by atoms with Gasteiger partial charge in [-0.25, -0.2) is 9.78 Å². The average Bonchev–Trinajstić information content (AvgIpc) is 3.19. The Morgan fingerprint density at radius 3 is 2.29 bits per heavy atom. The number of carbonyl (C=O) groups excluding carboxylic acids is 1. The van der Waals surface area contributed by atoms with Crippen molar-refractivity contribution in [2.45, 2.75) is 6.54 Å². The molecule has 0 fully saturated rings. The first-order valence-corrected chi connectivity index (χ1v) is 9.58. The molecule has 0 aliphatic rings. The van der Waals surface area contributed by atoms with E-state index in [9.17, 15) is 4.79 Å². The maximum atomic E-state index is 12.6. The molecule has 164 valence electrons. The Morgan fingerprint density at radius 2 is 1.65 bits per heavy atom. The molecule has 2 amide bonds. The maximum Gasteiger partial charge on any atom is 0.326 e. The van der Waals surface area contributed by atoms with Gasteiger partial charge in [0.2, 0.25) is 5.95 Å². The quantitative estimate of drug-likeness (QED) is 0.539. The highest BCUT2D eigenvalue weighted by Gasteiger charge is 2.15. The number of nitrogens with zero attached hydrogens (tertiary/aromatic N) is 2. The molecule has 0 saturated heterocycles. The highest BCUT2D eigenvalue weighted by atomic mass is 16.5. The van der Waals surface area contributed by atoms with Crippen molar-refractivity contribution in [2.75, 3.05) is 45.7 Å². The van der Waals surface area contributed by atoms with E-state index in [0.717, 1.165) is 17.0 Å². The second-order valence-corrected chi connectivity index (χ2v) is 6.52. The van der Waals surface area contributed by atoms with Crippen LogP contribution in [0.25, 0.3) is 11.3 Å². The SMILES string of the molecule is COCCn1c(-c2cccc(OC)c2)cnc1NC(=O)Nc1cc(OC)cc(OC)c1. The number of urea groups is 1. The molecule has 0 atom stereocenters. The van der Waals surface area contributed by atoms with Crippen LogP contribution in [-0.4, -0.2) is 50.6 Å². The molecule has 2 aromatic carbocycles. The number of imidazole rings is 1. The molecular formula is C22H26N4O5. The first kappa shape index (κ1) is 22.0. The molecule has 3 aromatic rings. The van der Waals surface area contributed by atoms with Crippen LogP contribution in [-0.2, 0) is 11.3 Å². The van der Waals surface area contributed by atoms with Crippen molar-refractivity contribution in [3.05, 3.63) is 48.7 Å². The molecule has 0 saturated carbocycles. The first-order valence-electron chi connectivity index (χ1n) is 9.58. The normalized spacial score (nSPS) is 10.5. The predicted octanol–water partition coefficient (Wildman–Crippen LogP) is 3.87. The molecular weight excluding hydrogens is 400 g/mol. The van der Waals surface area contributed by atoms with E-state index in [1.165, 1.54) is 0 Å². The van der Waals surface area contributed by atoms with Crippen LogP contribution >= 0.6 is 0 Å². The third kappa shape index (κ3) is 5.46. The molecule has 3 rings (SSSR count). The van der Waals surface area contributed by atoms with Crippen LogP contribution < -0.4 is 24.8 Å². The van der Waals surface area contributed by atoms with E-state index in [-0.39, 0.29) is 0 Å². The number of benzene rings is 2. The summed E-state index contributed by atoms with van der Waals surface area (Å²) in [6, 6.07) is 12.3. The predicted molar refractivity (Wildman–Crippen MR) is 118 cm³/mol. The lowest BCUT2D eigenvalue weighted by molar-refractivity contribution is 0.188. The van der Waals surface area contributed by atoms with Gasteiger partial charge < -0.3 is 28.8 Å². The molecule has 9 heteroatoms. The average molecular weight is 426 g/mol. The number of methoxy groups -OCH3 is 4. The van der Waals surface area contributed by atoms with Gasteiger partial charge >= 0.3 is 6.03 Å². The standard InChI is InChI=1S/C22H26N4O5/c1-28-9-8-26-20(15-6-5-7-17(10-15)29-2)14-23-21(26)25-22(27)24-16-11-18(30-3)13-19(12-16)31-4/h5-7,10-14H,8-9H2,1-4H3,(H2,23,24,25,27). The highest BCUT2D eigenvalue weighted by Crippen LogP contribution is 2.28. The van der Waals surface area contributed by atoms with Crippen molar-refractivity contribution in [1.82, 2.24) is 9.55 Å². The number of rotatable bonds is 9. The van der Waals surface area contributed by atoms with Crippen molar-refractivity contribution >= 4 is 17.7 Å². The molecule has 31 heavy (non-hydrogen) atoms. The van der Waals surface area contributed by atoms with Crippen molar-refractivity contribution < 1.29 is 23.7 Å². The zero-order chi connectivity index (χ0) is 22.2. The van der Waals surface area contributed by atoms with Crippen molar-refractivity contribution in [3.8, 4) is 28.5 Å². The summed E-state index contributed by atoms with van der Waals surface area (Å²) in [5.74, 6) is 2.26. The summed E-state index contributed by atoms with van der Waals surface area (Å²) < 4.78 is 22.9. The Morgan fingerprint density at radius 1 is 0.935 bits per heavy atom. The third-order valence-corrected chi connectivity index (χ3v) is 4.57. The Bertz CT molecular complexity index is 1010. The summed E-state index contributed by atoms with van der Waals surface area (Å²) in [5, 5.41) is 5.57. The molecule has 0 aliphatic carbocycles. The minimum atomic E-state index is -0.447. The Labute approximate surface area is 180 Å². The molecule has 9 nitrogen and oxygen atoms in total. The van der Waals surface area contributed by atoms with E-state index in [1.54, 1.807) is 52.8 Å². The zero-order valence-electron chi connectivity index (χ0n) is 18.0. The number of hydrogen-bond acceptors (Lipinski definition) is 6. The highest BCUT2D eigenvalue weighted by molar-refractivity contribution is 5.99. The molecule has 2 N–H and O–H groups in total. The summed E-state index contributed by atoms with van der Waals surface area (Å²) in [6.45, 7) is 0.961. The Hall–Kier alpha value is -3.72. The summed E-state index contributed by atoms with van der Waals surface area (Å²) >= 11 is 0. The van der Waals surface area contributed by atoms with Gasteiger partial charge in [0.15, 0.2) is 0 Å². The lowest BCUT2D eigenvalue weighted by atomic mass is 10.1. The molecule has 0 radical (unpaired) electrons. The largest absolute Gasteiger partial charge is 0.497 e. The molecule has 0 aliphatic heterocycles. The van der Waals surface area contributed by atoms with Crippen LogP contribution in [0.5, 0.6) is 17.2 Å². The smallest absolute Gasteiger partial charge is 0.326 e. The minimum absolute atomic E-state index is 0.391. The summed E-state index contributed by atoms with van der Waals surface area (Å²) in [4.78, 5) is 17.0. The van der Waals surface area contributed by atoms with Gasteiger partial charge in [-0.2, -0.15) is 0 Å². The van der Waals surface area contributed by atoms with E-state index in [1.807, 2.05) is 28.8 Å². The van der Waals surface area contributed by atoms with Crippen molar-refractivity contribution in [2.24, 2.45) is 0 Å². The van der Waals surface area contributed by atoms with Crippen LogP contribution in [0.4, 0.5) is 16.4 Å². The maximum absolute atomic E-state index is 12.6. The number of amides is 2. The van der Waals surface area contributed by atoms with Crippen LogP contribution in [0.3, 0.4) is 0 Å². The van der Waals surface area contributed by atoms with E-state index in [4.69, 9.17) is 18.9 Å². The van der Waals surface area contributed by atoms with Gasteiger partial charge in [0.25, 0.3) is 0 Å². The number of carbonyl (C=O) groups is 1. The van der Waals surface area contributed by atoms with Crippen LogP contribution in [0, 0.1) is 0 Å². The summed E-state index contributed by atoms with van der Waals surface area (Å²) in [6.07, 6.45) is 1.70. The molecule has 0 bridgehead atoms. The van der Waals surface area contributed by atoms with Gasteiger partial charge in [0.1, 0.15) is 17.2 Å². The minimum Gasteiger partial charge on any atom is -0.497 e. The monoisotopic (exact) mass is 426 g/mol. The van der Waals surface area contributed by atoms with E-state index in [2.05, 4.69) is 15.6 Å². The lowest BCUT2D eigenvalue weighted by Crippen LogP contribution is -2.22. The fourth-order valence-corrected chi connectivity index (χ4v) is 3.04. The zero-order valence-corrected chi connectivity index (χ0v) is 18.0. The summed E-state index contributed by atoms with van der Waals surface area (Å²) in [5.41, 5.74) is 2.26. The molecule has 1 heterocycles. The van der Waals surface area contributed by atoms with Gasteiger partial charge in [0, 0.05) is 43.1 Å². The van der Waals surface area contributed by atoms with Crippen LogP contribution in [0.15, 0.2) is 48.7 Å². The van der Waals surface area contributed by atoms with Gasteiger partial charge in [0.05, 0.1) is 39.8 Å². The van der Waals surface area contributed by atoms with Crippen molar-refractivity contribution in [1.29, 1.82) is 0 Å². The van der Waals surface area contributed by atoms with E-state index in [0.29, 0.717) is 36.3 Å². The van der Waals surface area contributed by atoms with Crippen LogP contribution in [0.2, 0.25) is 0 Å². The molecule has 0 unspecified atom stereocenters. The first-order chi connectivity index (χ1) is 15.1. The summed E-state index contributed by atoms with van der Waals surface area (Å²) in [7, 11) is 6.33. The van der Waals surface area contributed by atoms with Gasteiger partial charge in [-0.1, -0.05) is 12.1 Å². The number of nitrogens with one attached hydrogen (secondary N) is 2. The number of hydrogen-bond donors (Lipinski definition) is 2. The fourth-order valence-electron chi connectivity index (χ4n) is 3.04. The van der Waals surface area contributed by atoms with Gasteiger partial charge in [-0.05, 0) is 12.1 Å². The van der Waals surface area contributed by atoms with E-state index >= 15 is 0 Å². The fraction of sp³-hybridized carbons (Fsp3) is 0.273. The Kier molecular flexibility index (Phi) is 7.34. The number of anilines is 2. The van der Waals surface area contributed by atoms with Crippen molar-refractivity contribution in [3.63, 3.8) is 0 Å². The second-order valence-electron chi connectivity index (χ2n) is 6.52. The van der Waals surface area contributed by atoms with Gasteiger partial charge in [-0.15, -0.1) is 0 Å². The van der Waals surface area contributed by atoms with Crippen LogP contribution in [0.1, 0.15) is 0 Å².